The van der Waals surface area contributed by atoms with Gasteiger partial charge in [-0.15, -0.1) is 0 Å². The van der Waals surface area contributed by atoms with Gasteiger partial charge in [0.25, 0.3) is 0 Å². The van der Waals surface area contributed by atoms with Gasteiger partial charge in [0.1, 0.15) is 6.61 Å². The molecule has 0 bridgehead atoms. The minimum absolute atomic E-state index is 0.503. The molecular formula is C22H22N2O2. The highest BCUT2D eigenvalue weighted by molar-refractivity contribution is 5.80. The normalized spacial score (nSPS) is 10.7. The average molecular weight is 346 g/mol. The van der Waals surface area contributed by atoms with E-state index in [1.807, 2.05) is 66.7 Å². The number of benzene rings is 3. The van der Waals surface area contributed by atoms with Crippen molar-refractivity contribution >= 4 is 6.21 Å². The number of hydrogen-bond acceptors (Lipinski definition) is 4. The Morgan fingerprint density at radius 1 is 0.846 bits per heavy atom. The van der Waals surface area contributed by atoms with Gasteiger partial charge in [-0.2, -0.15) is 5.10 Å². The number of hydrogen-bond donors (Lipinski definition) is 1. The molecule has 4 heteroatoms. The fraction of sp³-hybridized carbons (Fsp3) is 0.136. The first kappa shape index (κ1) is 17.5. The summed E-state index contributed by atoms with van der Waals surface area (Å²) in [6.45, 7) is 1.19. The lowest BCUT2D eigenvalue weighted by atomic mass is 10.2. The molecule has 0 fully saturated rings. The fourth-order valence-corrected chi connectivity index (χ4v) is 2.47. The van der Waals surface area contributed by atoms with Crippen LogP contribution >= 0.6 is 0 Å². The van der Waals surface area contributed by atoms with Gasteiger partial charge < -0.3 is 14.9 Å². The van der Waals surface area contributed by atoms with Gasteiger partial charge in [0.05, 0.1) is 19.9 Å². The lowest BCUT2D eigenvalue weighted by molar-refractivity contribution is 0.284. The topological polar surface area (TPSA) is 42.8 Å². The summed E-state index contributed by atoms with van der Waals surface area (Å²) in [4.78, 5) is 0. The molecule has 1 N–H and O–H groups in total. The molecule has 3 aromatic rings. The van der Waals surface area contributed by atoms with Crippen LogP contribution in [0.25, 0.3) is 0 Å². The van der Waals surface area contributed by atoms with Gasteiger partial charge in [-0.1, -0.05) is 60.7 Å². The van der Waals surface area contributed by atoms with E-state index < -0.39 is 0 Å². The Bertz CT molecular complexity index is 833. The molecule has 0 aliphatic heterocycles. The molecule has 0 unspecified atom stereocenters. The van der Waals surface area contributed by atoms with E-state index in [-0.39, 0.29) is 0 Å². The van der Waals surface area contributed by atoms with Crippen molar-refractivity contribution in [3.63, 3.8) is 0 Å². The smallest absolute Gasteiger partial charge is 0.161 e. The highest BCUT2D eigenvalue weighted by Crippen LogP contribution is 2.28. The first-order valence-electron chi connectivity index (χ1n) is 8.50. The molecule has 0 heterocycles. The van der Waals surface area contributed by atoms with Gasteiger partial charge in [0, 0.05) is 0 Å². The Morgan fingerprint density at radius 2 is 1.54 bits per heavy atom. The van der Waals surface area contributed by atoms with E-state index in [9.17, 15) is 0 Å². The SMILES string of the molecule is COc1cc(C=NNCc2ccccc2)ccc1OCc1ccccc1. The number of hydrazone groups is 1. The van der Waals surface area contributed by atoms with Crippen LogP contribution in [0, 0.1) is 0 Å². The Morgan fingerprint density at radius 3 is 2.23 bits per heavy atom. The zero-order chi connectivity index (χ0) is 18.0. The van der Waals surface area contributed by atoms with Gasteiger partial charge in [-0.05, 0) is 34.9 Å². The molecule has 26 heavy (non-hydrogen) atoms. The average Bonchev–Trinajstić information content (AvgIpc) is 2.71. The fourth-order valence-electron chi connectivity index (χ4n) is 2.47. The van der Waals surface area contributed by atoms with Gasteiger partial charge in [-0.25, -0.2) is 0 Å². The third-order valence-corrected chi connectivity index (χ3v) is 3.86. The molecule has 0 atom stereocenters. The Hall–Kier alpha value is -3.27. The monoisotopic (exact) mass is 346 g/mol. The second kappa shape index (κ2) is 9.28. The van der Waals surface area contributed by atoms with Crippen LogP contribution in [0.5, 0.6) is 11.5 Å². The van der Waals surface area contributed by atoms with Crippen LogP contribution in [0.3, 0.4) is 0 Å². The van der Waals surface area contributed by atoms with Gasteiger partial charge in [0.2, 0.25) is 0 Å². The molecule has 0 spiro atoms. The summed E-state index contributed by atoms with van der Waals surface area (Å²) in [7, 11) is 1.64. The van der Waals surface area contributed by atoms with Gasteiger partial charge in [-0.3, -0.25) is 0 Å². The number of methoxy groups -OCH3 is 1. The van der Waals surface area contributed by atoms with Crippen LogP contribution in [0.2, 0.25) is 0 Å². The molecule has 0 aromatic heterocycles. The summed E-state index contributed by atoms with van der Waals surface area (Å²) >= 11 is 0. The summed E-state index contributed by atoms with van der Waals surface area (Å²) in [5.74, 6) is 1.40. The van der Waals surface area contributed by atoms with Crippen molar-refractivity contribution in [3.05, 3.63) is 95.6 Å². The van der Waals surface area contributed by atoms with Crippen molar-refractivity contribution in [1.82, 2.24) is 5.43 Å². The second-order valence-electron chi connectivity index (χ2n) is 5.76. The predicted molar refractivity (Wildman–Crippen MR) is 105 cm³/mol. The predicted octanol–water partition coefficient (Wildman–Crippen LogP) is 4.40. The molecule has 3 rings (SSSR count). The number of nitrogens with one attached hydrogen (secondary N) is 1. The molecule has 0 radical (unpaired) electrons. The van der Waals surface area contributed by atoms with Crippen LogP contribution in [0.15, 0.2) is 84.0 Å². The maximum atomic E-state index is 5.87. The first-order valence-corrected chi connectivity index (χ1v) is 8.50. The standard InChI is InChI=1S/C22H22N2O2/c1-25-22-14-20(16-24-23-15-18-8-4-2-5-9-18)12-13-21(22)26-17-19-10-6-3-7-11-19/h2-14,16,23H,15,17H2,1H3. The van der Waals surface area contributed by atoms with Crippen molar-refractivity contribution in [3.8, 4) is 11.5 Å². The van der Waals surface area contributed by atoms with E-state index in [0.29, 0.717) is 24.7 Å². The minimum Gasteiger partial charge on any atom is -0.493 e. The summed E-state index contributed by atoms with van der Waals surface area (Å²) in [6, 6.07) is 26.0. The maximum Gasteiger partial charge on any atom is 0.161 e. The maximum absolute atomic E-state index is 5.87. The Labute approximate surface area is 154 Å². The zero-order valence-corrected chi connectivity index (χ0v) is 14.8. The molecule has 4 nitrogen and oxygen atoms in total. The second-order valence-corrected chi connectivity index (χ2v) is 5.76. The zero-order valence-electron chi connectivity index (χ0n) is 14.8. The number of nitrogens with zero attached hydrogens (tertiary/aromatic N) is 1. The quantitative estimate of drug-likeness (QED) is 0.486. The van der Waals surface area contributed by atoms with Crippen LogP contribution in [0.4, 0.5) is 0 Å². The van der Waals surface area contributed by atoms with Gasteiger partial charge in [0.15, 0.2) is 11.5 Å². The molecule has 0 aliphatic carbocycles. The van der Waals surface area contributed by atoms with E-state index in [4.69, 9.17) is 9.47 Å². The van der Waals surface area contributed by atoms with Crippen LogP contribution in [-0.4, -0.2) is 13.3 Å². The van der Waals surface area contributed by atoms with E-state index >= 15 is 0 Å². The molecule has 0 saturated carbocycles. The lowest BCUT2D eigenvalue weighted by Crippen LogP contribution is -2.05. The van der Waals surface area contributed by atoms with E-state index in [1.54, 1.807) is 13.3 Å². The van der Waals surface area contributed by atoms with Crippen molar-refractivity contribution in [2.75, 3.05) is 7.11 Å². The molecule has 0 amide bonds. The summed E-state index contributed by atoms with van der Waals surface area (Å²) in [6.07, 6.45) is 1.77. The first-order chi connectivity index (χ1) is 12.8. The Kier molecular flexibility index (Phi) is 6.26. The number of ether oxygens (including phenoxy) is 2. The molecule has 0 saturated heterocycles. The van der Waals surface area contributed by atoms with Crippen LogP contribution in [-0.2, 0) is 13.2 Å². The summed E-state index contributed by atoms with van der Waals surface area (Å²) in [5.41, 5.74) is 6.29. The Balaban J connectivity index is 1.58. The van der Waals surface area contributed by atoms with E-state index in [2.05, 4.69) is 22.7 Å². The van der Waals surface area contributed by atoms with Gasteiger partial charge >= 0.3 is 0 Å². The minimum atomic E-state index is 0.503. The number of rotatable bonds is 8. The highest BCUT2D eigenvalue weighted by Gasteiger charge is 2.05. The third kappa shape index (κ3) is 5.11. The third-order valence-electron chi connectivity index (χ3n) is 3.86. The van der Waals surface area contributed by atoms with Crippen molar-refractivity contribution in [2.45, 2.75) is 13.2 Å². The van der Waals surface area contributed by atoms with Crippen molar-refractivity contribution < 1.29 is 9.47 Å². The van der Waals surface area contributed by atoms with Crippen LogP contribution in [0.1, 0.15) is 16.7 Å². The van der Waals surface area contributed by atoms with Crippen molar-refractivity contribution in [1.29, 1.82) is 0 Å². The molecule has 0 aliphatic rings. The van der Waals surface area contributed by atoms with E-state index in [1.165, 1.54) is 5.56 Å². The van der Waals surface area contributed by atoms with Crippen LogP contribution < -0.4 is 14.9 Å². The molecule has 132 valence electrons. The summed E-state index contributed by atoms with van der Waals surface area (Å²) in [5, 5.41) is 4.26. The lowest BCUT2D eigenvalue weighted by Gasteiger charge is -2.11. The molecule has 3 aromatic carbocycles. The highest BCUT2D eigenvalue weighted by atomic mass is 16.5. The summed E-state index contributed by atoms with van der Waals surface area (Å²) < 4.78 is 11.3. The van der Waals surface area contributed by atoms with Crippen molar-refractivity contribution in [2.24, 2.45) is 5.10 Å². The molecular weight excluding hydrogens is 324 g/mol. The van der Waals surface area contributed by atoms with E-state index in [0.717, 1.165) is 11.1 Å². The largest absolute Gasteiger partial charge is 0.493 e.